The van der Waals surface area contributed by atoms with Crippen molar-refractivity contribution in [3.63, 3.8) is 0 Å². The van der Waals surface area contributed by atoms with E-state index in [1.165, 1.54) is 0 Å². The lowest BCUT2D eigenvalue weighted by Crippen LogP contribution is -2.20. The summed E-state index contributed by atoms with van der Waals surface area (Å²) in [5.74, 6) is 0.714. The minimum absolute atomic E-state index is 0.0964. The summed E-state index contributed by atoms with van der Waals surface area (Å²) in [6, 6.07) is 10.8. The van der Waals surface area contributed by atoms with Gasteiger partial charge in [-0.05, 0) is 24.2 Å². The summed E-state index contributed by atoms with van der Waals surface area (Å²) in [7, 11) is 0. The molecule has 0 aliphatic carbocycles. The normalized spacial score (nSPS) is 9.94. The van der Waals surface area contributed by atoms with E-state index in [4.69, 9.17) is 9.26 Å². The number of para-hydroxylation sites is 1. The van der Waals surface area contributed by atoms with Crippen LogP contribution in [0.2, 0.25) is 0 Å². The number of carbonyl (C=O) groups is 1. The van der Waals surface area contributed by atoms with Crippen LogP contribution >= 0.6 is 0 Å². The van der Waals surface area contributed by atoms with Crippen LogP contribution in [0, 0.1) is 6.92 Å². The maximum absolute atomic E-state index is 11.5. The second-order valence-electron chi connectivity index (χ2n) is 3.48. The molecule has 1 aromatic carbocycles. The Labute approximate surface area is 98.4 Å². The highest BCUT2D eigenvalue weighted by Gasteiger charge is 2.05. The van der Waals surface area contributed by atoms with E-state index in [1.807, 2.05) is 18.2 Å². The molecule has 2 aromatic rings. The third-order valence-electron chi connectivity index (χ3n) is 2.02. The fourth-order valence-corrected chi connectivity index (χ4v) is 1.27. The molecule has 17 heavy (non-hydrogen) atoms. The van der Waals surface area contributed by atoms with Gasteiger partial charge in [-0.15, -0.1) is 0 Å². The highest BCUT2D eigenvalue weighted by atomic mass is 16.5. The van der Waals surface area contributed by atoms with Crippen molar-refractivity contribution in [2.45, 2.75) is 6.92 Å². The number of hydrogen-bond donors (Lipinski definition) is 1. The molecule has 1 N–H and O–H groups in total. The first-order valence-electron chi connectivity index (χ1n) is 5.15. The summed E-state index contributed by atoms with van der Waals surface area (Å²) in [5, 5.41) is 6.31. The topological polar surface area (TPSA) is 64.4 Å². The molecule has 2 rings (SSSR count). The third-order valence-corrected chi connectivity index (χ3v) is 2.02. The minimum Gasteiger partial charge on any atom is -0.465 e. The van der Waals surface area contributed by atoms with Crippen LogP contribution < -0.4 is 10.1 Å². The summed E-state index contributed by atoms with van der Waals surface area (Å²) >= 11 is 0. The zero-order valence-electron chi connectivity index (χ0n) is 9.34. The van der Waals surface area contributed by atoms with Crippen molar-refractivity contribution in [2.75, 3.05) is 11.9 Å². The van der Waals surface area contributed by atoms with E-state index in [0.29, 0.717) is 11.6 Å². The molecule has 0 atom stereocenters. The summed E-state index contributed by atoms with van der Waals surface area (Å²) in [6.07, 6.45) is 0. The van der Waals surface area contributed by atoms with Crippen LogP contribution in [-0.2, 0) is 4.79 Å². The zero-order chi connectivity index (χ0) is 12.1. The molecule has 88 valence electrons. The molecule has 0 spiro atoms. The zero-order valence-corrected chi connectivity index (χ0v) is 9.34. The first kappa shape index (κ1) is 11.2. The second kappa shape index (κ2) is 5.16. The molecule has 1 heterocycles. The largest absolute Gasteiger partial charge is 0.465 e. The standard InChI is InChI=1S/C12H12N2O3/c1-9-7-12(14-17-9)16-8-11(15)13-10-5-3-2-4-6-10/h2-7H,8H2,1H3,(H,13,15). The van der Waals surface area contributed by atoms with E-state index >= 15 is 0 Å². The molecule has 1 aromatic heterocycles. The summed E-state index contributed by atoms with van der Waals surface area (Å²) in [4.78, 5) is 11.5. The van der Waals surface area contributed by atoms with Crippen molar-refractivity contribution in [3.8, 4) is 5.88 Å². The predicted octanol–water partition coefficient (Wildman–Crippen LogP) is 2.00. The first-order chi connectivity index (χ1) is 8.24. The predicted molar refractivity (Wildman–Crippen MR) is 61.8 cm³/mol. The highest BCUT2D eigenvalue weighted by molar-refractivity contribution is 5.91. The van der Waals surface area contributed by atoms with Crippen molar-refractivity contribution in [1.82, 2.24) is 5.16 Å². The SMILES string of the molecule is Cc1cc(OCC(=O)Nc2ccccc2)no1. The van der Waals surface area contributed by atoms with Gasteiger partial charge in [0.15, 0.2) is 6.61 Å². The van der Waals surface area contributed by atoms with E-state index < -0.39 is 0 Å². The summed E-state index contributed by atoms with van der Waals surface area (Å²) in [6.45, 7) is 1.66. The molecule has 0 unspecified atom stereocenters. The van der Waals surface area contributed by atoms with Gasteiger partial charge < -0.3 is 14.6 Å². The Hall–Kier alpha value is -2.30. The fraction of sp³-hybridized carbons (Fsp3) is 0.167. The highest BCUT2D eigenvalue weighted by Crippen LogP contribution is 2.10. The van der Waals surface area contributed by atoms with Gasteiger partial charge in [-0.25, -0.2) is 0 Å². The van der Waals surface area contributed by atoms with Crippen LogP contribution in [0.4, 0.5) is 5.69 Å². The Bertz CT molecular complexity index is 493. The molecule has 5 heteroatoms. The van der Waals surface area contributed by atoms with Gasteiger partial charge in [-0.1, -0.05) is 18.2 Å². The lowest BCUT2D eigenvalue weighted by Gasteiger charge is -2.04. The van der Waals surface area contributed by atoms with Crippen LogP contribution in [-0.4, -0.2) is 17.7 Å². The van der Waals surface area contributed by atoms with Crippen molar-refractivity contribution >= 4 is 11.6 Å². The molecular formula is C12H12N2O3. The van der Waals surface area contributed by atoms with Gasteiger partial charge in [0.1, 0.15) is 5.76 Å². The molecule has 1 amide bonds. The lowest BCUT2D eigenvalue weighted by atomic mass is 10.3. The van der Waals surface area contributed by atoms with E-state index in [2.05, 4.69) is 10.5 Å². The molecule has 0 aliphatic rings. The van der Waals surface area contributed by atoms with Gasteiger partial charge in [0.05, 0.1) is 0 Å². The van der Waals surface area contributed by atoms with Crippen molar-refractivity contribution in [2.24, 2.45) is 0 Å². The number of nitrogens with zero attached hydrogens (tertiary/aromatic N) is 1. The molecule has 0 radical (unpaired) electrons. The number of ether oxygens (including phenoxy) is 1. The van der Waals surface area contributed by atoms with Gasteiger partial charge in [-0.2, -0.15) is 0 Å². The number of amides is 1. The van der Waals surface area contributed by atoms with Gasteiger partial charge in [0.25, 0.3) is 11.8 Å². The van der Waals surface area contributed by atoms with Crippen LogP contribution in [0.5, 0.6) is 5.88 Å². The van der Waals surface area contributed by atoms with Crippen molar-refractivity contribution in [3.05, 3.63) is 42.2 Å². The minimum atomic E-state index is -0.239. The molecule has 0 saturated carbocycles. The van der Waals surface area contributed by atoms with E-state index in [-0.39, 0.29) is 12.5 Å². The lowest BCUT2D eigenvalue weighted by molar-refractivity contribution is -0.118. The van der Waals surface area contributed by atoms with Crippen LogP contribution in [0.15, 0.2) is 40.9 Å². The molecular weight excluding hydrogens is 220 g/mol. The maximum atomic E-state index is 11.5. The molecule has 0 aliphatic heterocycles. The van der Waals surface area contributed by atoms with E-state index in [9.17, 15) is 4.79 Å². The van der Waals surface area contributed by atoms with E-state index in [1.54, 1.807) is 25.1 Å². The third kappa shape index (κ3) is 3.34. The Balaban J connectivity index is 1.82. The van der Waals surface area contributed by atoms with Gasteiger partial charge in [0.2, 0.25) is 0 Å². The Morgan fingerprint density at radius 2 is 2.18 bits per heavy atom. The summed E-state index contributed by atoms with van der Waals surface area (Å²) < 4.78 is 9.95. The number of aryl methyl sites for hydroxylation is 1. The maximum Gasteiger partial charge on any atom is 0.262 e. The number of nitrogens with one attached hydrogen (secondary N) is 1. The molecule has 0 fully saturated rings. The smallest absolute Gasteiger partial charge is 0.262 e. The number of rotatable bonds is 4. The van der Waals surface area contributed by atoms with Crippen molar-refractivity contribution in [1.29, 1.82) is 0 Å². The number of carbonyl (C=O) groups excluding carboxylic acids is 1. The first-order valence-corrected chi connectivity index (χ1v) is 5.15. The Kier molecular flexibility index (Phi) is 3.40. The number of benzene rings is 1. The van der Waals surface area contributed by atoms with Crippen LogP contribution in [0.25, 0.3) is 0 Å². The quantitative estimate of drug-likeness (QED) is 0.875. The molecule has 0 bridgehead atoms. The van der Waals surface area contributed by atoms with E-state index in [0.717, 1.165) is 5.69 Å². The number of aromatic nitrogens is 1. The average molecular weight is 232 g/mol. The number of hydrogen-bond acceptors (Lipinski definition) is 4. The summed E-state index contributed by atoms with van der Waals surface area (Å²) in [5.41, 5.74) is 0.734. The molecule has 0 saturated heterocycles. The van der Waals surface area contributed by atoms with Gasteiger partial charge >= 0.3 is 0 Å². The fourth-order valence-electron chi connectivity index (χ4n) is 1.27. The monoisotopic (exact) mass is 232 g/mol. The second-order valence-corrected chi connectivity index (χ2v) is 3.48. The van der Waals surface area contributed by atoms with Gasteiger partial charge in [0, 0.05) is 11.8 Å². The van der Waals surface area contributed by atoms with Crippen molar-refractivity contribution < 1.29 is 14.1 Å². The average Bonchev–Trinajstić information content (AvgIpc) is 2.74. The van der Waals surface area contributed by atoms with Crippen LogP contribution in [0.3, 0.4) is 0 Å². The molecule has 5 nitrogen and oxygen atoms in total. The van der Waals surface area contributed by atoms with Gasteiger partial charge in [-0.3, -0.25) is 4.79 Å². The van der Waals surface area contributed by atoms with Crippen LogP contribution in [0.1, 0.15) is 5.76 Å². The Morgan fingerprint density at radius 1 is 1.41 bits per heavy atom. The Morgan fingerprint density at radius 3 is 2.82 bits per heavy atom. The number of anilines is 1.